The van der Waals surface area contributed by atoms with Gasteiger partial charge in [-0.3, -0.25) is 0 Å². The maximum Gasteiger partial charge on any atom is 0.135 e. The molecule has 0 saturated carbocycles. The molecule has 0 atom stereocenters. The van der Waals surface area contributed by atoms with E-state index in [2.05, 4.69) is 15.9 Å². The lowest BCUT2D eigenvalue weighted by Crippen LogP contribution is -1.98. The number of halogens is 1. The van der Waals surface area contributed by atoms with Gasteiger partial charge in [-0.25, -0.2) is 0 Å². The smallest absolute Gasteiger partial charge is 0.135 e. The third-order valence-electron chi connectivity index (χ3n) is 2.97. The molecule has 19 heavy (non-hydrogen) atoms. The molecule has 2 aromatic rings. The summed E-state index contributed by atoms with van der Waals surface area (Å²) in [4.78, 5) is 0. The number of benzene rings is 2. The summed E-state index contributed by atoms with van der Waals surface area (Å²) < 4.78 is 11.3. The minimum atomic E-state index is 0.732. The second kappa shape index (κ2) is 5.97. The first-order valence-corrected chi connectivity index (χ1v) is 6.68. The van der Waals surface area contributed by atoms with E-state index in [9.17, 15) is 0 Å². The van der Waals surface area contributed by atoms with E-state index in [-0.39, 0.29) is 0 Å². The molecule has 2 N–H and O–H groups in total. The molecule has 0 heterocycles. The Kier molecular flexibility index (Phi) is 4.32. The molecule has 0 unspecified atom stereocenters. The molecular formula is C15H16BrNO2. The molecular weight excluding hydrogens is 306 g/mol. The Bertz CT molecular complexity index is 567. The van der Waals surface area contributed by atoms with Gasteiger partial charge < -0.3 is 15.2 Å². The van der Waals surface area contributed by atoms with E-state index >= 15 is 0 Å². The number of anilines is 1. The molecule has 3 nitrogen and oxygen atoms in total. The van der Waals surface area contributed by atoms with Crippen molar-refractivity contribution in [1.29, 1.82) is 0 Å². The van der Waals surface area contributed by atoms with Crippen LogP contribution in [-0.4, -0.2) is 14.2 Å². The molecule has 0 fully saturated rings. The average molecular weight is 322 g/mol. The van der Waals surface area contributed by atoms with Crippen molar-refractivity contribution in [2.24, 2.45) is 0 Å². The van der Waals surface area contributed by atoms with Crippen LogP contribution in [0.4, 0.5) is 5.69 Å². The third kappa shape index (κ3) is 3.20. The molecule has 0 amide bonds. The van der Waals surface area contributed by atoms with Gasteiger partial charge >= 0.3 is 0 Å². The molecule has 100 valence electrons. The van der Waals surface area contributed by atoms with Crippen molar-refractivity contribution in [1.82, 2.24) is 0 Å². The fourth-order valence-electron chi connectivity index (χ4n) is 1.88. The molecule has 0 aliphatic rings. The van der Waals surface area contributed by atoms with E-state index in [1.165, 1.54) is 5.56 Å². The van der Waals surface area contributed by atoms with Crippen molar-refractivity contribution in [3.63, 3.8) is 0 Å². The van der Waals surface area contributed by atoms with Crippen LogP contribution in [0.2, 0.25) is 0 Å². The van der Waals surface area contributed by atoms with Gasteiger partial charge in [0.1, 0.15) is 11.5 Å². The summed E-state index contributed by atoms with van der Waals surface area (Å²) in [6.45, 7) is 0. The van der Waals surface area contributed by atoms with E-state index < -0.39 is 0 Å². The number of hydrogen-bond donors (Lipinski definition) is 1. The number of nitrogen functional groups attached to an aromatic ring is 1. The first-order valence-electron chi connectivity index (χ1n) is 5.89. The van der Waals surface area contributed by atoms with Gasteiger partial charge in [0.15, 0.2) is 0 Å². The lowest BCUT2D eigenvalue weighted by atomic mass is 10.0. The van der Waals surface area contributed by atoms with Gasteiger partial charge in [-0.2, -0.15) is 0 Å². The van der Waals surface area contributed by atoms with Gasteiger partial charge in [0.05, 0.1) is 18.7 Å². The Morgan fingerprint density at radius 3 is 2.32 bits per heavy atom. The van der Waals surface area contributed by atoms with Crippen LogP contribution < -0.4 is 15.2 Å². The van der Waals surface area contributed by atoms with Gasteiger partial charge in [-0.05, 0) is 51.7 Å². The van der Waals surface area contributed by atoms with E-state index in [0.29, 0.717) is 0 Å². The lowest BCUT2D eigenvalue weighted by molar-refractivity contribution is 0.412. The molecule has 0 aliphatic heterocycles. The number of rotatable bonds is 4. The molecule has 2 rings (SSSR count). The van der Waals surface area contributed by atoms with Gasteiger partial charge in [0.2, 0.25) is 0 Å². The topological polar surface area (TPSA) is 44.5 Å². The normalized spacial score (nSPS) is 10.3. The summed E-state index contributed by atoms with van der Waals surface area (Å²) in [6, 6.07) is 11.8. The fraction of sp³-hybridized carbons (Fsp3) is 0.200. The highest BCUT2D eigenvalue weighted by Crippen LogP contribution is 2.31. The summed E-state index contributed by atoms with van der Waals surface area (Å²) in [7, 11) is 3.29. The zero-order valence-corrected chi connectivity index (χ0v) is 12.5. The maximum atomic E-state index is 6.04. The van der Waals surface area contributed by atoms with Crippen molar-refractivity contribution in [2.75, 3.05) is 20.0 Å². The van der Waals surface area contributed by atoms with Gasteiger partial charge in [0.25, 0.3) is 0 Å². The predicted octanol–water partition coefficient (Wildman–Crippen LogP) is 3.64. The van der Waals surface area contributed by atoms with Gasteiger partial charge in [0, 0.05) is 11.8 Å². The third-order valence-corrected chi connectivity index (χ3v) is 3.59. The number of methoxy groups -OCH3 is 2. The number of nitrogens with two attached hydrogens (primary N) is 1. The maximum absolute atomic E-state index is 6.04. The fourth-order valence-corrected chi connectivity index (χ4v) is 2.44. The predicted molar refractivity (Wildman–Crippen MR) is 80.9 cm³/mol. The Morgan fingerprint density at radius 2 is 1.74 bits per heavy atom. The van der Waals surface area contributed by atoms with Crippen LogP contribution in [0.5, 0.6) is 11.5 Å². The van der Waals surface area contributed by atoms with Crippen LogP contribution in [0.3, 0.4) is 0 Å². The van der Waals surface area contributed by atoms with E-state index in [4.69, 9.17) is 15.2 Å². The molecule has 0 bridgehead atoms. The van der Waals surface area contributed by atoms with Crippen LogP contribution in [0.25, 0.3) is 0 Å². The summed E-state index contributed by atoms with van der Waals surface area (Å²) >= 11 is 3.48. The Balaban J connectivity index is 2.25. The Morgan fingerprint density at radius 1 is 1.05 bits per heavy atom. The molecule has 0 saturated heterocycles. The highest BCUT2D eigenvalue weighted by Gasteiger charge is 2.07. The Labute approximate surface area is 121 Å². The second-order valence-electron chi connectivity index (χ2n) is 4.21. The molecule has 0 aliphatic carbocycles. The van der Waals surface area contributed by atoms with Crippen molar-refractivity contribution >= 4 is 21.6 Å². The SMILES string of the molecule is COc1ccc(Cc2cc(Br)c(OC)cc2N)cc1. The average Bonchev–Trinajstić information content (AvgIpc) is 2.43. The highest BCUT2D eigenvalue weighted by molar-refractivity contribution is 9.10. The summed E-state index contributed by atoms with van der Waals surface area (Å²) in [5.41, 5.74) is 9.03. The van der Waals surface area contributed by atoms with Crippen LogP contribution in [0, 0.1) is 0 Å². The van der Waals surface area contributed by atoms with E-state index in [1.807, 2.05) is 36.4 Å². The zero-order valence-electron chi connectivity index (χ0n) is 10.9. The molecule has 0 aromatic heterocycles. The highest BCUT2D eigenvalue weighted by atomic mass is 79.9. The van der Waals surface area contributed by atoms with Crippen molar-refractivity contribution in [2.45, 2.75) is 6.42 Å². The van der Waals surface area contributed by atoms with Gasteiger partial charge in [-0.15, -0.1) is 0 Å². The van der Waals surface area contributed by atoms with E-state index in [1.54, 1.807) is 14.2 Å². The lowest BCUT2D eigenvalue weighted by Gasteiger charge is -2.10. The van der Waals surface area contributed by atoms with Crippen molar-refractivity contribution in [3.05, 3.63) is 52.0 Å². The Hall–Kier alpha value is -1.68. The van der Waals surface area contributed by atoms with Crippen LogP contribution in [0.1, 0.15) is 11.1 Å². The van der Waals surface area contributed by atoms with Crippen LogP contribution in [-0.2, 0) is 6.42 Å². The number of hydrogen-bond acceptors (Lipinski definition) is 3. The first kappa shape index (κ1) is 13.7. The van der Waals surface area contributed by atoms with E-state index in [0.717, 1.165) is 33.6 Å². The second-order valence-corrected chi connectivity index (χ2v) is 5.06. The summed E-state index contributed by atoms with van der Waals surface area (Å²) in [6.07, 6.45) is 0.776. The minimum absolute atomic E-state index is 0.732. The van der Waals surface area contributed by atoms with Crippen molar-refractivity contribution in [3.8, 4) is 11.5 Å². The quantitative estimate of drug-likeness (QED) is 0.874. The zero-order chi connectivity index (χ0) is 13.8. The summed E-state index contributed by atoms with van der Waals surface area (Å²) in [5.74, 6) is 1.60. The van der Waals surface area contributed by atoms with Crippen molar-refractivity contribution < 1.29 is 9.47 Å². The minimum Gasteiger partial charge on any atom is -0.497 e. The monoisotopic (exact) mass is 321 g/mol. The molecule has 0 radical (unpaired) electrons. The largest absolute Gasteiger partial charge is 0.497 e. The number of ether oxygens (including phenoxy) is 2. The summed E-state index contributed by atoms with van der Waals surface area (Å²) in [5, 5.41) is 0. The van der Waals surface area contributed by atoms with Crippen LogP contribution in [0.15, 0.2) is 40.9 Å². The molecule has 2 aromatic carbocycles. The molecule has 0 spiro atoms. The van der Waals surface area contributed by atoms with Crippen LogP contribution >= 0.6 is 15.9 Å². The standard InChI is InChI=1S/C15H16BrNO2/c1-18-12-5-3-10(4-6-12)7-11-8-13(16)15(19-2)9-14(11)17/h3-6,8-9H,7,17H2,1-2H3. The van der Waals surface area contributed by atoms with Gasteiger partial charge in [-0.1, -0.05) is 12.1 Å². The first-order chi connectivity index (χ1) is 9.13. The molecule has 4 heteroatoms.